The van der Waals surface area contributed by atoms with E-state index in [9.17, 15) is 9.59 Å². The zero-order valence-corrected chi connectivity index (χ0v) is 19.0. The molecule has 0 saturated heterocycles. The van der Waals surface area contributed by atoms with Crippen molar-refractivity contribution in [2.24, 2.45) is 47.3 Å². The van der Waals surface area contributed by atoms with Gasteiger partial charge in [0.2, 0.25) is 0 Å². The van der Waals surface area contributed by atoms with Crippen molar-refractivity contribution in [3.05, 3.63) is 0 Å². The van der Waals surface area contributed by atoms with Gasteiger partial charge in [0.05, 0.1) is 13.7 Å². The van der Waals surface area contributed by atoms with E-state index in [0.717, 1.165) is 23.7 Å². The first kappa shape index (κ1) is 21.4. The van der Waals surface area contributed by atoms with Crippen LogP contribution < -0.4 is 0 Å². The van der Waals surface area contributed by atoms with Crippen molar-refractivity contribution in [1.29, 1.82) is 0 Å². The number of hydrogen-bond acceptors (Lipinski definition) is 6. The second-order valence-corrected chi connectivity index (χ2v) is 11.2. The van der Waals surface area contributed by atoms with Gasteiger partial charge in [-0.1, -0.05) is 0 Å². The Morgan fingerprint density at radius 2 is 0.968 bits per heavy atom. The highest BCUT2D eigenvalue weighted by molar-refractivity contribution is 5.60. The molecule has 0 aliphatic heterocycles. The molecule has 0 N–H and O–H groups in total. The summed E-state index contributed by atoms with van der Waals surface area (Å²) in [6.07, 6.45) is 12.4. The largest absolute Gasteiger partial charge is 0.508 e. The van der Waals surface area contributed by atoms with E-state index in [0.29, 0.717) is 30.3 Å². The van der Waals surface area contributed by atoms with Gasteiger partial charge in [-0.2, -0.15) is 0 Å². The van der Waals surface area contributed by atoms with Gasteiger partial charge < -0.3 is 18.9 Å². The second kappa shape index (κ2) is 8.82. The molecule has 8 saturated carbocycles. The first-order valence-corrected chi connectivity index (χ1v) is 12.6. The maximum absolute atomic E-state index is 11.4. The van der Waals surface area contributed by atoms with Crippen LogP contribution >= 0.6 is 0 Å². The molecule has 0 heterocycles. The quantitative estimate of drug-likeness (QED) is 0.540. The van der Waals surface area contributed by atoms with E-state index in [1.807, 2.05) is 6.92 Å². The van der Waals surface area contributed by atoms with E-state index in [1.54, 1.807) is 0 Å². The number of hydrogen-bond donors (Lipinski definition) is 0. The van der Waals surface area contributed by atoms with Gasteiger partial charge in [0.1, 0.15) is 12.2 Å². The van der Waals surface area contributed by atoms with Crippen LogP contribution in [0.4, 0.5) is 9.59 Å². The molecule has 0 unspecified atom stereocenters. The summed E-state index contributed by atoms with van der Waals surface area (Å²) in [5.41, 5.74) is 0. The Kier molecular flexibility index (Phi) is 6.09. The zero-order chi connectivity index (χ0) is 21.5. The lowest BCUT2D eigenvalue weighted by atomic mass is 9.55. The molecular formula is C25H38O6. The molecule has 0 spiro atoms. The van der Waals surface area contributed by atoms with Crippen LogP contribution in [0.5, 0.6) is 0 Å². The van der Waals surface area contributed by atoms with Crippen molar-refractivity contribution in [3.63, 3.8) is 0 Å². The Balaban J connectivity index is 0.000000132. The molecule has 8 fully saturated rings. The Morgan fingerprint density at radius 3 is 1.29 bits per heavy atom. The molecule has 174 valence electrons. The van der Waals surface area contributed by atoms with Crippen LogP contribution in [0.3, 0.4) is 0 Å². The standard InChI is InChI=1S/C13H20O3.C12H18O3/c1-2-15-13(14)16-12-10-4-8-3-9(6-10)7-11(12)5-8;1-14-12(13)15-11-9-3-7-2-8(5-9)6-10(11)4-7/h8-12H,2-7H2,1H3;7-11H,2-6H2,1H3. The molecular weight excluding hydrogens is 396 g/mol. The Labute approximate surface area is 185 Å². The molecule has 8 aliphatic rings. The lowest BCUT2D eigenvalue weighted by Gasteiger charge is -2.53. The normalized spacial score (nSPS) is 45.5. The summed E-state index contributed by atoms with van der Waals surface area (Å²) in [5.74, 6) is 6.19. The topological polar surface area (TPSA) is 71.1 Å². The Hall–Kier alpha value is -1.46. The Bertz CT molecular complexity index is 619. The van der Waals surface area contributed by atoms with Gasteiger partial charge >= 0.3 is 12.3 Å². The van der Waals surface area contributed by atoms with Crippen molar-refractivity contribution >= 4 is 12.3 Å². The van der Waals surface area contributed by atoms with E-state index in [2.05, 4.69) is 4.74 Å². The van der Waals surface area contributed by atoms with Crippen LogP contribution in [0.15, 0.2) is 0 Å². The van der Waals surface area contributed by atoms with E-state index in [1.165, 1.54) is 71.3 Å². The van der Waals surface area contributed by atoms with Gasteiger partial charge in [-0.15, -0.1) is 0 Å². The molecule has 0 aromatic heterocycles. The van der Waals surface area contributed by atoms with Crippen LogP contribution in [0.25, 0.3) is 0 Å². The fourth-order valence-corrected chi connectivity index (χ4v) is 8.56. The van der Waals surface area contributed by atoms with E-state index < -0.39 is 12.3 Å². The van der Waals surface area contributed by atoms with E-state index in [-0.39, 0.29) is 12.2 Å². The first-order valence-electron chi connectivity index (χ1n) is 12.6. The van der Waals surface area contributed by atoms with Crippen LogP contribution in [0, 0.1) is 47.3 Å². The minimum Gasteiger partial charge on any atom is -0.438 e. The highest BCUT2D eigenvalue weighted by atomic mass is 16.7. The average Bonchev–Trinajstić information content (AvgIpc) is 2.73. The first-order chi connectivity index (χ1) is 15.0. The van der Waals surface area contributed by atoms with Crippen molar-refractivity contribution in [2.75, 3.05) is 13.7 Å². The maximum Gasteiger partial charge on any atom is 0.508 e. The summed E-state index contributed by atoms with van der Waals surface area (Å²) in [6.45, 7) is 2.23. The summed E-state index contributed by atoms with van der Waals surface area (Å²) >= 11 is 0. The van der Waals surface area contributed by atoms with Gasteiger partial charge in [-0.25, -0.2) is 9.59 Å². The van der Waals surface area contributed by atoms with Crippen LogP contribution in [0.1, 0.15) is 71.1 Å². The number of rotatable bonds is 3. The molecule has 0 aromatic rings. The predicted molar refractivity (Wildman–Crippen MR) is 113 cm³/mol. The third kappa shape index (κ3) is 4.41. The molecule has 0 aromatic carbocycles. The lowest BCUT2D eigenvalue weighted by molar-refractivity contribution is -0.110. The van der Waals surface area contributed by atoms with Crippen molar-refractivity contribution in [1.82, 2.24) is 0 Å². The SMILES string of the molecule is CCOC(=O)OC1C2CC3CC(C2)CC1C3.COC(=O)OC1C2CC3CC(C2)CC1C3. The summed E-state index contributed by atoms with van der Waals surface area (Å²) in [7, 11) is 1.39. The summed E-state index contributed by atoms with van der Waals surface area (Å²) in [5, 5.41) is 0. The van der Waals surface area contributed by atoms with Gasteiger partial charge in [-0.3, -0.25) is 0 Å². The third-order valence-corrected chi connectivity index (χ3v) is 9.17. The third-order valence-electron chi connectivity index (χ3n) is 9.17. The van der Waals surface area contributed by atoms with Gasteiger partial charge in [-0.05, 0) is 118 Å². The smallest absolute Gasteiger partial charge is 0.438 e. The van der Waals surface area contributed by atoms with Crippen molar-refractivity contribution in [3.8, 4) is 0 Å². The van der Waals surface area contributed by atoms with Gasteiger partial charge in [0, 0.05) is 0 Å². The van der Waals surface area contributed by atoms with Crippen molar-refractivity contribution in [2.45, 2.75) is 83.3 Å². The molecule has 6 nitrogen and oxygen atoms in total. The number of carbonyl (C=O) groups is 2. The molecule has 6 heteroatoms. The van der Waals surface area contributed by atoms with Crippen LogP contribution in [-0.2, 0) is 18.9 Å². The molecule has 0 atom stereocenters. The fraction of sp³-hybridized carbons (Fsp3) is 0.920. The molecule has 8 bridgehead atoms. The number of carbonyl (C=O) groups excluding carboxylic acids is 2. The molecule has 31 heavy (non-hydrogen) atoms. The number of ether oxygens (including phenoxy) is 4. The summed E-state index contributed by atoms with van der Waals surface area (Å²) < 4.78 is 20.4. The minimum atomic E-state index is -0.493. The van der Waals surface area contributed by atoms with E-state index in [4.69, 9.17) is 14.2 Å². The molecule has 8 rings (SSSR count). The zero-order valence-electron chi connectivity index (χ0n) is 19.0. The van der Waals surface area contributed by atoms with Gasteiger partial charge in [0.25, 0.3) is 0 Å². The monoisotopic (exact) mass is 434 g/mol. The second-order valence-electron chi connectivity index (χ2n) is 11.2. The molecule has 0 amide bonds. The summed E-state index contributed by atoms with van der Waals surface area (Å²) in [4.78, 5) is 22.6. The average molecular weight is 435 g/mol. The van der Waals surface area contributed by atoms with Crippen LogP contribution in [-0.4, -0.2) is 38.2 Å². The molecule has 8 aliphatic carbocycles. The fourth-order valence-electron chi connectivity index (χ4n) is 8.56. The maximum atomic E-state index is 11.4. The summed E-state index contributed by atoms with van der Waals surface area (Å²) in [6, 6.07) is 0. The van der Waals surface area contributed by atoms with Crippen molar-refractivity contribution < 1.29 is 28.5 Å². The molecule has 0 radical (unpaired) electrons. The minimum absolute atomic E-state index is 0.158. The number of methoxy groups -OCH3 is 1. The highest BCUT2D eigenvalue weighted by Crippen LogP contribution is 2.55. The van der Waals surface area contributed by atoms with Crippen LogP contribution in [0.2, 0.25) is 0 Å². The Morgan fingerprint density at radius 1 is 0.613 bits per heavy atom. The van der Waals surface area contributed by atoms with Gasteiger partial charge in [0.15, 0.2) is 0 Å². The predicted octanol–water partition coefficient (Wildman–Crippen LogP) is 5.58. The lowest BCUT2D eigenvalue weighted by Crippen LogP contribution is -2.50. The highest BCUT2D eigenvalue weighted by Gasteiger charge is 2.51. The van der Waals surface area contributed by atoms with E-state index >= 15 is 0 Å².